The number of esters is 2. The molecule has 0 aliphatic carbocycles. The third kappa shape index (κ3) is 11.1. The number of ether oxygens (including phenoxy) is 3. The van der Waals surface area contributed by atoms with E-state index in [1.165, 1.54) is 7.05 Å². The summed E-state index contributed by atoms with van der Waals surface area (Å²) in [4.78, 5) is 58.9. The Hall–Kier alpha value is -2.96. The highest BCUT2D eigenvalue weighted by Crippen LogP contribution is 2.08. The third-order valence-corrected chi connectivity index (χ3v) is 3.33. The van der Waals surface area contributed by atoms with Gasteiger partial charge in [-0.25, -0.2) is 10.2 Å². The largest absolute Gasteiger partial charge is 0.468 e. The standard InChI is InChI=1S/C17H28N4O8S/c1-10(22)28-8-11(14(24)18-7-13(23)27-6)19-15(25)12(9-30)21(5)20-16(26)29-17(2,3)4/h9,11,30H,7-8H2,1-6H3,(H,18,24)(H,19,25)(H,20,26)/b12-9-/t11-/m0/s1. The predicted molar refractivity (Wildman–Crippen MR) is 108 cm³/mol. The minimum atomic E-state index is -1.33. The Balaban J connectivity index is 5.18. The molecule has 0 aliphatic heterocycles. The molecule has 0 unspecified atom stereocenters. The molecule has 0 radical (unpaired) electrons. The van der Waals surface area contributed by atoms with Gasteiger partial charge in [-0.05, 0) is 26.2 Å². The molecule has 170 valence electrons. The van der Waals surface area contributed by atoms with Crippen LogP contribution in [0.25, 0.3) is 0 Å². The fourth-order valence-electron chi connectivity index (χ4n) is 1.77. The van der Waals surface area contributed by atoms with Crippen LogP contribution >= 0.6 is 12.6 Å². The minimum absolute atomic E-state index is 0.155. The molecule has 0 fully saturated rings. The van der Waals surface area contributed by atoms with Gasteiger partial charge in [0.1, 0.15) is 30.5 Å². The lowest BCUT2D eigenvalue weighted by molar-refractivity contribution is -0.145. The van der Waals surface area contributed by atoms with Crippen molar-refractivity contribution in [2.45, 2.75) is 39.3 Å². The van der Waals surface area contributed by atoms with E-state index in [0.29, 0.717) is 0 Å². The number of hydrazine groups is 1. The summed E-state index contributed by atoms with van der Waals surface area (Å²) in [6.45, 7) is 5.20. The molecule has 0 spiro atoms. The highest BCUT2D eigenvalue weighted by molar-refractivity contribution is 7.83. The molecular formula is C17H28N4O8S. The lowest BCUT2D eigenvalue weighted by atomic mass is 10.2. The van der Waals surface area contributed by atoms with E-state index in [0.717, 1.165) is 24.5 Å². The second-order valence-corrected chi connectivity index (χ2v) is 7.07. The first-order valence-electron chi connectivity index (χ1n) is 8.67. The maximum atomic E-state index is 12.6. The van der Waals surface area contributed by atoms with Crippen LogP contribution in [0.1, 0.15) is 27.7 Å². The van der Waals surface area contributed by atoms with E-state index in [1.54, 1.807) is 20.8 Å². The number of carbonyl (C=O) groups is 5. The van der Waals surface area contributed by atoms with E-state index in [9.17, 15) is 24.0 Å². The summed E-state index contributed by atoms with van der Waals surface area (Å²) in [5.74, 6) is -3.01. The quantitative estimate of drug-likeness (QED) is 0.120. The first-order valence-corrected chi connectivity index (χ1v) is 9.18. The molecule has 0 aliphatic rings. The van der Waals surface area contributed by atoms with Gasteiger partial charge >= 0.3 is 18.0 Å². The zero-order valence-corrected chi connectivity index (χ0v) is 18.6. The molecule has 0 aromatic heterocycles. The van der Waals surface area contributed by atoms with Gasteiger partial charge < -0.3 is 24.8 Å². The topological polar surface area (TPSA) is 152 Å². The highest BCUT2D eigenvalue weighted by atomic mass is 32.1. The van der Waals surface area contributed by atoms with Crippen molar-refractivity contribution in [2.24, 2.45) is 0 Å². The van der Waals surface area contributed by atoms with Crippen LogP contribution in [-0.2, 0) is 33.4 Å². The van der Waals surface area contributed by atoms with Gasteiger partial charge in [0, 0.05) is 14.0 Å². The van der Waals surface area contributed by atoms with E-state index < -0.39 is 54.6 Å². The number of hydrogen-bond acceptors (Lipinski definition) is 10. The summed E-state index contributed by atoms with van der Waals surface area (Å²) in [6, 6.07) is -1.33. The molecule has 30 heavy (non-hydrogen) atoms. The Bertz CT molecular complexity index is 690. The molecule has 3 amide bonds. The van der Waals surface area contributed by atoms with E-state index in [2.05, 4.69) is 33.4 Å². The van der Waals surface area contributed by atoms with Crippen LogP contribution in [0, 0.1) is 0 Å². The van der Waals surface area contributed by atoms with Crippen LogP contribution < -0.4 is 16.1 Å². The first kappa shape index (κ1) is 27.0. The van der Waals surface area contributed by atoms with Crippen molar-refractivity contribution in [2.75, 3.05) is 27.3 Å². The number of carbonyl (C=O) groups excluding carboxylic acids is 5. The number of nitrogens with one attached hydrogen (secondary N) is 3. The van der Waals surface area contributed by atoms with Gasteiger partial charge in [0.2, 0.25) is 5.91 Å². The number of thiol groups is 1. The number of likely N-dealkylation sites (N-methyl/N-ethyl adjacent to an activating group) is 1. The maximum absolute atomic E-state index is 12.6. The summed E-state index contributed by atoms with van der Waals surface area (Å²) < 4.78 is 14.3. The van der Waals surface area contributed by atoms with E-state index in [4.69, 9.17) is 9.47 Å². The molecule has 0 saturated heterocycles. The second-order valence-electron chi connectivity index (χ2n) is 6.81. The van der Waals surface area contributed by atoms with Crippen molar-refractivity contribution in [1.29, 1.82) is 0 Å². The van der Waals surface area contributed by atoms with Crippen molar-refractivity contribution in [1.82, 2.24) is 21.1 Å². The van der Waals surface area contributed by atoms with Gasteiger partial charge in [0.05, 0.1) is 7.11 Å². The Morgan fingerprint density at radius 2 is 1.77 bits per heavy atom. The second kappa shape index (κ2) is 12.6. The molecule has 0 saturated carbocycles. The highest BCUT2D eigenvalue weighted by Gasteiger charge is 2.26. The molecule has 0 aromatic carbocycles. The lowest BCUT2D eigenvalue weighted by Gasteiger charge is -2.26. The number of rotatable bonds is 9. The van der Waals surface area contributed by atoms with Crippen molar-refractivity contribution in [3.05, 3.63) is 11.1 Å². The Morgan fingerprint density at radius 3 is 2.23 bits per heavy atom. The van der Waals surface area contributed by atoms with E-state index >= 15 is 0 Å². The number of amides is 3. The summed E-state index contributed by atoms with van der Waals surface area (Å²) in [5.41, 5.74) is 1.40. The van der Waals surface area contributed by atoms with Crippen molar-refractivity contribution in [3.63, 3.8) is 0 Å². The van der Waals surface area contributed by atoms with Gasteiger partial charge in [-0.2, -0.15) is 0 Å². The van der Waals surface area contributed by atoms with Crippen LogP contribution in [0.5, 0.6) is 0 Å². The molecular weight excluding hydrogens is 420 g/mol. The average molecular weight is 448 g/mol. The Labute approximate surface area is 180 Å². The molecule has 0 bridgehead atoms. The fourth-order valence-corrected chi connectivity index (χ4v) is 2.06. The summed E-state index contributed by atoms with van der Waals surface area (Å²) in [5, 5.41) is 6.70. The van der Waals surface area contributed by atoms with Crippen LogP contribution in [-0.4, -0.2) is 73.8 Å². The van der Waals surface area contributed by atoms with Crippen LogP contribution in [0.2, 0.25) is 0 Å². The van der Waals surface area contributed by atoms with Gasteiger partial charge in [-0.15, -0.1) is 12.6 Å². The Morgan fingerprint density at radius 1 is 1.17 bits per heavy atom. The fraction of sp³-hybridized carbons (Fsp3) is 0.588. The van der Waals surface area contributed by atoms with Gasteiger partial charge in [0.25, 0.3) is 5.91 Å². The molecule has 0 rings (SSSR count). The summed E-state index contributed by atoms with van der Waals surface area (Å²) in [7, 11) is 2.49. The first-order chi connectivity index (χ1) is 13.8. The maximum Gasteiger partial charge on any atom is 0.426 e. The summed E-state index contributed by atoms with van der Waals surface area (Å²) in [6.07, 6.45) is -0.822. The predicted octanol–water partition coefficient (Wildman–Crippen LogP) is -0.534. The molecule has 3 N–H and O–H groups in total. The van der Waals surface area contributed by atoms with Gasteiger partial charge in [0.15, 0.2) is 0 Å². The number of hydrogen-bond donors (Lipinski definition) is 4. The van der Waals surface area contributed by atoms with Crippen LogP contribution in [0.15, 0.2) is 11.1 Å². The van der Waals surface area contributed by atoms with Gasteiger partial charge in [-0.3, -0.25) is 24.2 Å². The van der Waals surface area contributed by atoms with Crippen LogP contribution in [0.4, 0.5) is 4.79 Å². The van der Waals surface area contributed by atoms with Crippen molar-refractivity contribution in [3.8, 4) is 0 Å². The smallest absolute Gasteiger partial charge is 0.426 e. The summed E-state index contributed by atoms with van der Waals surface area (Å²) >= 11 is 3.94. The lowest BCUT2D eigenvalue weighted by Crippen LogP contribution is -2.53. The number of methoxy groups -OCH3 is 1. The third-order valence-electron chi connectivity index (χ3n) is 3.08. The Kier molecular flexibility index (Phi) is 11.3. The molecule has 13 heteroatoms. The zero-order valence-electron chi connectivity index (χ0n) is 17.7. The minimum Gasteiger partial charge on any atom is -0.468 e. The van der Waals surface area contributed by atoms with Gasteiger partial charge in [-0.1, -0.05) is 0 Å². The number of nitrogens with zero attached hydrogens (tertiary/aromatic N) is 1. The van der Waals surface area contributed by atoms with Crippen molar-refractivity contribution >= 4 is 42.5 Å². The molecule has 12 nitrogen and oxygen atoms in total. The van der Waals surface area contributed by atoms with E-state index in [1.807, 2.05) is 0 Å². The monoisotopic (exact) mass is 448 g/mol. The van der Waals surface area contributed by atoms with Crippen LogP contribution in [0.3, 0.4) is 0 Å². The normalized spacial score (nSPS) is 12.2. The molecule has 0 aromatic rings. The SMILES string of the molecule is COC(=O)CNC(=O)[C@H](COC(C)=O)NC(=O)/C(=C/S)N(C)NC(=O)OC(C)(C)C. The van der Waals surface area contributed by atoms with E-state index in [-0.39, 0.29) is 5.70 Å². The zero-order chi connectivity index (χ0) is 23.5. The average Bonchev–Trinajstić information content (AvgIpc) is 2.61. The van der Waals surface area contributed by atoms with Crippen molar-refractivity contribution < 1.29 is 38.2 Å². The molecule has 1 atom stereocenters. The molecule has 0 heterocycles.